The lowest BCUT2D eigenvalue weighted by Crippen LogP contribution is -2.19. The van der Waals surface area contributed by atoms with Crippen molar-refractivity contribution in [2.45, 2.75) is 0 Å². The Balaban J connectivity index is 1.89. The van der Waals surface area contributed by atoms with Gasteiger partial charge in [0.25, 0.3) is 5.69 Å². The number of aryl methyl sites for hydroxylation is 2. The highest BCUT2D eigenvalue weighted by molar-refractivity contribution is 6.05. The second-order valence-corrected chi connectivity index (χ2v) is 6.82. The van der Waals surface area contributed by atoms with E-state index in [1.165, 1.54) is 22.8 Å². The smallest absolute Gasteiger partial charge is 0.328 e. The molecule has 0 aliphatic rings. The first-order chi connectivity index (χ1) is 13.7. The van der Waals surface area contributed by atoms with E-state index >= 15 is 0 Å². The van der Waals surface area contributed by atoms with Gasteiger partial charge in [-0.3, -0.25) is 24.0 Å². The minimum absolute atomic E-state index is 0.0102. The number of nitrogens with one attached hydrogen (secondary N) is 1. The van der Waals surface area contributed by atoms with Crippen LogP contribution in [0.25, 0.3) is 17.1 Å². The summed E-state index contributed by atoms with van der Waals surface area (Å²) in [4.78, 5) is 36.7. The van der Waals surface area contributed by atoms with Crippen LogP contribution in [0.5, 0.6) is 0 Å². The number of amides is 1. The standard InChI is InChI=1S/C20H21N5O4/c1-22(2)16-12-18-17(23(3)20(27)24(18)4)11-15(16)21-19(26)10-7-13-5-8-14(9-6-13)25(28)29/h5-12H,1-4H3,(H,21,26)/b10-7+. The molecule has 2 aromatic carbocycles. The van der Waals surface area contributed by atoms with Crippen LogP contribution in [0.15, 0.2) is 47.3 Å². The van der Waals surface area contributed by atoms with E-state index in [0.717, 1.165) is 11.2 Å². The van der Waals surface area contributed by atoms with Crippen LogP contribution in [0.4, 0.5) is 17.1 Å². The van der Waals surface area contributed by atoms with Gasteiger partial charge in [-0.2, -0.15) is 0 Å². The topological polar surface area (TPSA) is 102 Å². The summed E-state index contributed by atoms with van der Waals surface area (Å²) < 4.78 is 3.08. The van der Waals surface area contributed by atoms with E-state index in [1.807, 2.05) is 25.1 Å². The lowest BCUT2D eigenvalue weighted by molar-refractivity contribution is -0.384. The Labute approximate surface area is 166 Å². The summed E-state index contributed by atoms with van der Waals surface area (Å²) in [7, 11) is 7.09. The minimum Gasteiger partial charge on any atom is -0.376 e. The molecule has 0 bridgehead atoms. The van der Waals surface area contributed by atoms with Crippen LogP contribution in [0, 0.1) is 10.1 Å². The first-order valence-electron chi connectivity index (χ1n) is 8.79. The van der Waals surface area contributed by atoms with E-state index < -0.39 is 4.92 Å². The minimum atomic E-state index is -0.476. The fraction of sp³-hybridized carbons (Fsp3) is 0.200. The summed E-state index contributed by atoms with van der Waals surface area (Å²) in [6.45, 7) is 0. The maximum Gasteiger partial charge on any atom is 0.328 e. The van der Waals surface area contributed by atoms with Gasteiger partial charge in [-0.25, -0.2) is 4.79 Å². The first-order valence-corrected chi connectivity index (χ1v) is 8.79. The van der Waals surface area contributed by atoms with Crippen LogP contribution in [-0.4, -0.2) is 34.1 Å². The monoisotopic (exact) mass is 395 g/mol. The molecule has 0 saturated carbocycles. The molecule has 0 aliphatic heterocycles. The summed E-state index contributed by atoms with van der Waals surface area (Å²) in [5.74, 6) is -0.355. The number of carbonyl (C=O) groups is 1. The number of anilines is 2. The van der Waals surface area contributed by atoms with Gasteiger partial charge in [0, 0.05) is 46.4 Å². The van der Waals surface area contributed by atoms with Gasteiger partial charge in [0.1, 0.15) is 0 Å². The van der Waals surface area contributed by atoms with Gasteiger partial charge >= 0.3 is 5.69 Å². The average molecular weight is 395 g/mol. The number of benzene rings is 2. The molecule has 0 atom stereocenters. The zero-order valence-electron chi connectivity index (χ0n) is 16.5. The van der Waals surface area contributed by atoms with Crippen molar-refractivity contribution in [1.82, 2.24) is 9.13 Å². The third kappa shape index (κ3) is 3.88. The second kappa shape index (κ2) is 7.63. The summed E-state index contributed by atoms with van der Waals surface area (Å²) in [5, 5.41) is 13.5. The van der Waals surface area contributed by atoms with Gasteiger partial charge in [0.05, 0.1) is 27.3 Å². The molecular formula is C20H21N5O4. The Morgan fingerprint density at radius 2 is 1.69 bits per heavy atom. The first kappa shape index (κ1) is 19.9. The van der Waals surface area contributed by atoms with Gasteiger partial charge < -0.3 is 10.2 Å². The zero-order valence-corrected chi connectivity index (χ0v) is 16.5. The van der Waals surface area contributed by atoms with Crippen molar-refractivity contribution in [1.29, 1.82) is 0 Å². The number of rotatable bonds is 5. The Morgan fingerprint density at radius 1 is 1.10 bits per heavy atom. The predicted molar refractivity (Wildman–Crippen MR) is 113 cm³/mol. The lowest BCUT2D eigenvalue weighted by atomic mass is 10.2. The molecule has 3 rings (SSSR count). The molecule has 29 heavy (non-hydrogen) atoms. The van der Waals surface area contributed by atoms with Crippen molar-refractivity contribution >= 4 is 40.1 Å². The highest BCUT2D eigenvalue weighted by atomic mass is 16.6. The van der Waals surface area contributed by atoms with Crippen LogP contribution in [0.2, 0.25) is 0 Å². The number of nitro benzene ring substituents is 1. The van der Waals surface area contributed by atoms with Crippen molar-refractivity contribution < 1.29 is 9.72 Å². The van der Waals surface area contributed by atoms with Crippen molar-refractivity contribution in [3.05, 3.63) is 68.6 Å². The quantitative estimate of drug-likeness (QED) is 0.406. The van der Waals surface area contributed by atoms with E-state index in [0.29, 0.717) is 16.8 Å². The van der Waals surface area contributed by atoms with Gasteiger partial charge in [-0.1, -0.05) is 0 Å². The Hall–Kier alpha value is -3.88. The van der Waals surface area contributed by atoms with Crippen LogP contribution < -0.4 is 15.9 Å². The number of aromatic nitrogens is 2. The number of hydrogen-bond donors (Lipinski definition) is 1. The maximum absolute atomic E-state index is 12.4. The van der Waals surface area contributed by atoms with Crippen molar-refractivity contribution in [3.8, 4) is 0 Å². The van der Waals surface area contributed by atoms with Crippen LogP contribution in [0.3, 0.4) is 0 Å². The number of imidazole rings is 1. The van der Waals surface area contributed by atoms with Crippen molar-refractivity contribution in [3.63, 3.8) is 0 Å². The second-order valence-electron chi connectivity index (χ2n) is 6.82. The molecule has 0 radical (unpaired) electrons. The molecule has 0 unspecified atom stereocenters. The van der Waals surface area contributed by atoms with Crippen LogP contribution >= 0.6 is 0 Å². The SMILES string of the molecule is CN(C)c1cc2c(cc1NC(=O)/C=C/c1ccc([N+](=O)[O-])cc1)n(C)c(=O)n2C. The molecular weight excluding hydrogens is 374 g/mol. The Morgan fingerprint density at radius 3 is 2.24 bits per heavy atom. The van der Waals surface area contributed by atoms with E-state index in [1.54, 1.807) is 42.9 Å². The van der Waals surface area contributed by atoms with Gasteiger partial charge in [-0.05, 0) is 35.9 Å². The molecule has 1 aromatic heterocycles. The molecule has 1 N–H and O–H groups in total. The normalized spacial score (nSPS) is 11.2. The molecule has 1 heterocycles. The molecule has 0 aliphatic carbocycles. The van der Waals surface area contributed by atoms with Crippen molar-refractivity contribution in [2.75, 3.05) is 24.3 Å². The lowest BCUT2D eigenvalue weighted by Gasteiger charge is -2.18. The Bertz CT molecular complexity index is 1190. The number of nitro groups is 1. The molecule has 0 saturated heterocycles. The number of hydrogen-bond acceptors (Lipinski definition) is 5. The fourth-order valence-corrected chi connectivity index (χ4v) is 3.06. The Kier molecular flexibility index (Phi) is 5.22. The zero-order chi connectivity index (χ0) is 21.3. The number of carbonyl (C=O) groups excluding carboxylic acids is 1. The summed E-state index contributed by atoms with van der Waals surface area (Å²) in [5.41, 5.74) is 3.31. The highest BCUT2D eigenvalue weighted by Gasteiger charge is 2.14. The van der Waals surface area contributed by atoms with E-state index in [9.17, 15) is 19.7 Å². The predicted octanol–water partition coefficient (Wildman–Crippen LogP) is 2.50. The van der Waals surface area contributed by atoms with Gasteiger partial charge in [-0.15, -0.1) is 0 Å². The fourth-order valence-electron chi connectivity index (χ4n) is 3.06. The van der Waals surface area contributed by atoms with Gasteiger partial charge in [0.15, 0.2) is 0 Å². The summed E-state index contributed by atoms with van der Waals surface area (Å²) >= 11 is 0. The molecule has 9 heteroatoms. The maximum atomic E-state index is 12.4. The van der Waals surface area contributed by atoms with Crippen LogP contribution in [0.1, 0.15) is 5.56 Å². The van der Waals surface area contributed by atoms with Crippen LogP contribution in [-0.2, 0) is 18.9 Å². The summed E-state index contributed by atoms with van der Waals surface area (Å²) in [6, 6.07) is 9.52. The highest BCUT2D eigenvalue weighted by Crippen LogP contribution is 2.29. The molecule has 9 nitrogen and oxygen atoms in total. The van der Waals surface area contributed by atoms with E-state index in [-0.39, 0.29) is 17.3 Å². The number of non-ortho nitro benzene ring substituents is 1. The van der Waals surface area contributed by atoms with Crippen molar-refractivity contribution in [2.24, 2.45) is 14.1 Å². The summed E-state index contributed by atoms with van der Waals surface area (Å²) in [6.07, 6.45) is 2.93. The molecule has 150 valence electrons. The largest absolute Gasteiger partial charge is 0.376 e. The third-order valence-electron chi connectivity index (χ3n) is 4.66. The molecule has 0 spiro atoms. The molecule has 3 aromatic rings. The number of nitrogens with zero attached hydrogens (tertiary/aromatic N) is 4. The van der Waals surface area contributed by atoms with Gasteiger partial charge in [0.2, 0.25) is 5.91 Å². The molecule has 1 amide bonds. The third-order valence-corrected chi connectivity index (χ3v) is 4.66. The number of fused-ring (bicyclic) bond motifs is 1. The molecule has 0 fully saturated rings. The average Bonchev–Trinajstić information content (AvgIpc) is 2.89. The van der Waals surface area contributed by atoms with E-state index in [2.05, 4.69) is 5.32 Å². The van der Waals surface area contributed by atoms with E-state index in [4.69, 9.17) is 0 Å².